The predicted octanol–water partition coefficient (Wildman–Crippen LogP) is 2.94. The molecule has 10 nitrogen and oxygen atoms in total. The van der Waals surface area contributed by atoms with Crippen molar-refractivity contribution in [3.05, 3.63) is 30.0 Å². The van der Waals surface area contributed by atoms with Crippen molar-refractivity contribution in [2.45, 2.75) is 69.2 Å². The second-order valence-corrected chi connectivity index (χ2v) is 9.83. The monoisotopic (exact) mass is 449 g/mol. The first-order chi connectivity index (χ1) is 14.7. The van der Waals surface area contributed by atoms with E-state index >= 15 is 0 Å². The van der Waals surface area contributed by atoms with E-state index < -0.39 is 22.3 Å². The molecule has 1 unspecified atom stereocenters. The Morgan fingerprint density at radius 3 is 2.90 bits per heavy atom. The van der Waals surface area contributed by atoms with Crippen LogP contribution in [0.1, 0.15) is 51.6 Å². The summed E-state index contributed by atoms with van der Waals surface area (Å²) in [7, 11) is -3.71. The highest BCUT2D eigenvalue weighted by Crippen LogP contribution is 2.38. The van der Waals surface area contributed by atoms with Crippen LogP contribution >= 0.6 is 0 Å². The van der Waals surface area contributed by atoms with Crippen LogP contribution in [0.2, 0.25) is 0 Å². The molecule has 2 aliphatic rings. The van der Waals surface area contributed by atoms with Crippen LogP contribution in [0.25, 0.3) is 0 Å². The van der Waals surface area contributed by atoms with Crippen LogP contribution in [0.3, 0.4) is 0 Å². The lowest BCUT2D eigenvalue weighted by molar-refractivity contribution is 0.0981. The lowest BCUT2D eigenvalue weighted by Gasteiger charge is -2.25. The van der Waals surface area contributed by atoms with Crippen LogP contribution < -0.4 is 20.1 Å². The number of carbonyl (C=O) groups is 1. The Morgan fingerprint density at radius 2 is 2.13 bits per heavy atom. The van der Waals surface area contributed by atoms with E-state index in [-0.39, 0.29) is 23.0 Å². The smallest absolute Gasteiger partial charge is 0.407 e. The van der Waals surface area contributed by atoms with E-state index in [0.717, 1.165) is 18.5 Å². The molecule has 4 N–H and O–H groups in total. The van der Waals surface area contributed by atoms with Crippen LogP contribution in [0.15, 0.2) is 29.2 Å². The molecule has 2 aromatic rings. The number of anilines is 2. The van der Waals surface area contributed by atoms with Gasteiger partial charge in [0.2, 0.25) is 10.0 Å². The van der Waals surface area contributed by atoms with Gasteiger partial charge in [-0.3, -0.25) is 5.10 Å². The lowest BCUT2D eigenvalue weighted by atomic mass is 10.0. The van der Waals surface area contributed by atoms with E-state index in [2.05, 4.69) is 25.6 Å². The van der Waals surface area contributed by atoms with Crippen LogP contribution in [0.5, 0.6) is 5.75 Å². The molecule has 1 fully saturated rings. The number of H-pyrrole nitrogens is 1. The highest BCUT2D eigenvalue weighted by atomic mass is 32.2. The number of hydrogen-bond acceptors (Lipinski definition) is 7. The Balaban J connectivity index is 1.44. The van der Waals surface area contributed by atoms with Crippen LogP contribution in [-0.4, -0.2) is 43.1 Å². The first kappa shape index (κ1) is 21.4. The summed E-state index contributed by atoms with van der Waals surface area (Å²) in [6.07, 6.45) is 1.19. The van der Waals surface area contributed by atoms with Crippen molar-refractivity contribution in [3.63, 3.8) is 0 Å². The van der Waals surface area contributed by atoms with Gasteiger partial charge in [-0.2, -0.15) is 9.82 Å². The molecule has 1 aliphatic carbocycles. The van der Waals surface area contributed by atoms with Gasteiger partial charge in [-0.25, -0.2) is 13.2 Å². The maximum absolute atomic E-state index is 12.6. The number of hydrogen-bond donors (Lipinski definition) is 4. The van der Waals surface area contributed by atoms with Crippen LogP contribution in [0.4, 0.5) is 16.3 Å². The quantitative estimate of drug-likeness (QED) is 0.551. The van der Waals surface area contributed by atoms with Crippen molar-refractivity contribution in [3.8, 4) is 5.75 Å². The normalized spacial score (nSPS) is 24.3. The molecule has 11 heteroatoms. The van der Waals surface area contributed by atoms with Gasteiger partial charge in [0, 0.05) is 23.7 Å². The Bertz CT molecular complexity index is 1070. The van der Waals surface area contributed by atoms with Gasteiger partial charge in [-0.15, -0.1) is 0 Å². The molecule has 3 atom stereocenters. The van der Waals surface area contributed by atoms with Gasteiger partial charge in [0.05, 0.1) is 5.69 Å². The van der Waals surface area contributed by atoms with Gasteiger partial charge >= 0.3 is 6.09 Å². The van der Waals surface area contributed by atoms with Gasteiger partial charge in [0.15, 0.2) is 12.0 Å². The Labute approximate surface area is 181 Å². The van der Waals surface area contributed by atoms with E-state index in [1.165, 1.54) is 0 Å². The fourth-order valence-electron chi connectivity index (χ4n) is 3.97. The number of nitrogens with zero attached hydrogens (tertiary/aromatic N) is 1. The molecular weight excluding hydrogens is 422 g/mol. The van der Waals surface area contributed by atoms with Crippen LogP contribution in [0, 0.1) is 0 Å². The standard InChI is InChI=1S/C20H27N5O5S/c1-11(2)21-20(26)30-14-8-7-13(9-14)16-10-18(24-23-16)22-15-5-4-6-17-19(15)31(27,28)25-12(3)29-17/h4-6,10-14,25H,7-9H2,1-3H3,(H,21,26)(H2,22,23,24)/t12?,13-,14+/m0/s1. The minimum absolute atomic E-state index is 0.0299. The number of aromatic amines is 1. The Morgan fingerprint density at radius 1 is 1.32 bits per heavy atom. The summed E-state index contributed by atoms with van der Waals surface area (Å²) in [6.45, 7) is 5.40. The molecule has 1 amide bonds. The van der Waals surface area contributed by atoms with Gasteiger partial charge in [0.25, 0.3) is 0 Å². The third kappa shape index (κ3) is 4.77. The molecule has 31 heavy (non-hydrogen) atoms. The number of fused-ring (bicyclic) bond motifs is 1. The average molecular weight is 450 g/mol. The number of aromatic nitrogens is 2. The number of carbonyl (C=O) groups excluding carboxylic acids is 1. The number of amides is 1. The van der Waals surface area contributed by atoms with Gasteiger partial charge in [-0.1, -0.05) is 6.07 Å². The molecule has 0 bridgehead atoms. The summed E-state index contributed by atoms with van der Waals surface area (Å²) in [5.74, 6) is 0.973. The molecule has 1 aliphatic heterocycles. The van der Waals surface area contributed by atoms with E-state index in [1.54, 1.807) is 25.1 Å². The molecule has 1 aromatic carbocycles. The van der Waals surface area contributed by atoms with Gasteiger partial charge in [-0.05, 0) is 52.2 Å². The Kier molecular flexibility index (Phi) is 5.80. The summed E-state index contributed by atoms with van der Waals surface area (Å²) in [6, 6.07) is 6.90. The minimum Gasteiger partial charge on any atom is -0.473 e. The summed E-state index contributed by atoms with van der Waals surface area (Å²) >= 11 is 0. The highest BCUT2D eigenvalue weighted by Gasteiger charge is 2.32. The second kappa shape index (κ2) is 8.39. The molecule has 0 spiro atoms. The molecule has 1 aromatic heterocycles. The van der Waals surface area contributed by atoms with E-state index in [9.17, 15) is 13.2 Å². The van der Waals surface area contributed by atoms with Crippen LogP contribution in [-0.2, 0) is 14.8 Å². The third-order valence-electron chi connectivity index (χ3n) is 5.24. The summed E-state index contributed by atoms with van der Waals surface area (Å²) < 4.78 is 38.7. The molecular formula is C20H27N5O5S. The fourth-order valence-corrected chi connectivity index (χ4v) is 5.37. The summed E-state index contributed by atoms with van der Waals surface area (Å²) in [4.78, 5) is 11.9. The highest BCUT2D eigenvalue weighted by molar-refractivity contribution is 7.89. The summed E-state index contributed by atoms with van der Waals surface area (Å²) in [5, 5.41) is 13.1. The van der Waals surface area contributed by atoms with E-state index in [4.69, 9.17) is 9.47 Å². The molecule has 168 valence electrons. The number of rotatable bonds is 5. The maximum Gasteiger partial charge on any atom is 0.407 e. The average Bonchev–Trinajstić information content (AvgIpc) is 3.29. The van der Waals surface area contributed by atoms with Crippen molar-refractivity contribution < 1.29 is 22.7 Å². The number of sulfonamides is 1. The van der Waals surface area contributed by atoms with Gasteiger partial charge < -0.3 is 20.1 Å². The zero-order valence-corrected chi connectivity index (χ0v) is 18.5. The second-order valence-electron chi connectivity index (χ2n) is 8.18. The first-order valence-electron chi connectivity index (χ1n) is 10.3. The third-order valence-corrected chi connectivity index (χ3v) is 6.84. The van der Waals surface area contributed by atoms with Crippen molar-refractivity contribution in [2.24, 2.45) is 0 Å². The zero-order valence-electron chi connectivity index (χ0n) is 17.6. The van der Waals surface area contributed by atoms with Crippen molar-refractivity contribution in [1.82, 2.24) is 20.2 Å². The SMILES string of the molecule is CC(C)NC(=O)O[C@@H]1CC[C@H](c2cc(Nc3cccc4c3S(=O)(=O)NC(C)O4)n[nH]2)C1. The topological polar surface area (TPSA) is 134 Å². The number of benzene rings is 1. The van der Waals surface area contributed by atoms with E-state index in [0.29, 0.717) is 23.7 Å². The summed E-state index contributed by atoms with van der Waals surface area (Å²) in [5.41, 5.74) is 1.29. The fraction of sp³-hybridized carbons (Fsp3) is 0.500. The van der Waals surface area contributed by atoms with E-state index in [1.807, 2.05) is 19.9 Å². The number of nitrogens with one attached hydrogen (secondary N) is 4. The van der Waals surface area contributed by atoms with Crippen molar-refractivity contribution in [2.75, 3.05) is 5.32 Å². The zero-order chi connectivity index (χ0) is 22.2. The lowest BCUT2D eigenvalue weighted by Crippen LogP contribution is -2.41. The number of ether oxygens (including phenoxy) is 2. The maximum atomic E-state index is 12.6. The molecule has 2 heterocycles. The Hall–Kier alpha value is -2.79. The molecule has 0 saturated heterocycles. The molecule has 1 saturated carbocycles. The largest absolute Gasteiger partial charge is 0.473 e. The molecule has 4 rings (SSSR count). The van der Waals surface area contributed by atoms with Crippen molar-refractivity contribution in [1.29, 1.82) is 0 Å². The molecule has 0 radical (unpaired) electrons. The number of alkyl carbamates (subject to hydrolysis) is 1. The predicted molar refractivity (Wildman–Crippen MR) is 114 cm³/mol. The van der Waals surface area contributed by atoms with Gasteiger partial charge in [0.1, 0.15) is 16.7 Å². The minimum atomic E-state index is -3.71. The first-order valence-corrected chi connectivity index (χ1v) is 11.8. The van der Waals surface area contributed by atoms with Crippen molar-refractivity contribution >= 4 is 27.6 Å².